The Labute approximate surface area is 55.0 Å². The molecule has 0 fully saturated rings. The second-order valence-corrected chi connectivity index (χ2v) is 2.60. The van der Waals surface area contributed by atoms with E-state index in [2.05, 4.69) is 4.99 Å². The van der Waals surface area contributed by atoms with Crippen LogP contribution in [-0.4, -0.2) is 18.0 Å². The maximum atomic E-state index is 10.7. The smallest absolute Gasteiger partial charge is 0.154 e. The van der Waals surface area contributed by atoms with Crippen LogP contribution < -0.4 is 0 Å². The molecule has 0 aromatic carbocycles. The molecule has 0 bridgehead atoms. The lowest BCUT2D eigenvalue weighted by atomic mass is 9.97. The minimum Gasteiger partial charge on any atom is -0.298 e. The van der Waals surface area contributed by atoms with Crippen molar-refractivity contribution in [1.82, 2.24) is 0 Å². The Hall–Kier alpha value is -0.660. The summed E-state index contributed by atoms with van der Waals surface area (Å²) in [4.78, 5) is 14.8. The Bertz CT molecular complexity index is 160. The predicted molar refractivity (Wildman–Crippen MR) is 36.8 cm³/mol. The third kappa shape index (κ3) is 1.37. The van der Waals surface area contributed by atoms with Crippen LogP contribution in [0, 0.1) is 5.92 Å². The highest BCUT2D eigenvalue weighted by atomic mass is 16.1. The first-order valence-electron chi connectivity index (χ1n) is 3.23. The van der Waals surface area contributed by atoms with Crippen LogP contribution in [-0.2, 0) is 4.79 Å². The Morgan fingerprint density at radius 3 is 2.78 bits per heavy atom. The number of hydrogen-bond acceptors (Lipinski definition) is 2. The van der Waals surface area contributed by atoms with Crippen molar-refractivity contribution in [1.29, 1.82) is 0 Å². The molecule has 1 atom stereocenters. The molecule has 1 aliphatic heterocycles. The molecule has 1 aliphatic rings. The molecule has 0 radical (unpaired) electrons. The highest BCUT2D eigenvalue weighted by molar-refractivity contribution is 5.95. The Kier molecular flexibility index (Phi) is 1.65. The molecule has 0 saturated carbocycles. The van der Waals surface area contributed by atoms with Gasteiger partial charge in [0.15, 0.2) is 5.78 Å². The molecule has 0 aromatic heterocycles. The highest BCUT2D eigenvalue weighted by Gasteiger charge is 2.15. The van der Waals surface area contributed by atoms with Crippen molar-refractivity contribution in [2.45, 2.75) is 20.3 Å². The summed E-state index contributed by atoms with van der Waals surface area (Å²) in [7, 11) is 0. The second-order valence-electron chi connectivity index (χ2n) is 2.60. The topological polar surface area (TPSA) is 29.4 Å². The van der Waals surface area contributed by atoms with E-state index in [0.29, 0.717) is 18.9 Å². The van der Waals surface area contributed by atoms with Crippen LogP contribution in [0.1, 0.15) is 20.3 Å². The molecular weight excluding hydrogens is 114 g/mol. The van der Waals surface area contributed by atoms with Crippen LogP contribution in [0.4, 0.5) is 0 Å². The summed E-state index contributed by atoms with van der Waals surface area (Å²) in [5.74, 6) is 0.652. The van der Waals surface area contributed by atoms with Crippen LogP contribution >= 0.6 is 0 Å². The quantitative estimate of drug-likeness (QED) is 0.476. The van der Waals surface area contributed by atoms with Crippen LogP contribution in [0.15, 0.2) is 4.99 Å². The van der Waals surface area contributed by atoms with E-state index in [-0.39, 0.29) is 5.78 Å². The fraction of sp³-hybridized carbons (Fsp3) is 0.714. The van der Waals surface area contributed by atoms with Crippen LogP contribution in [0.5, 0.6) is 0 Å². The maximum Gasteiger partial charge on any atom is 0.154 e. The van der Waals surface area contributed by atoms with Crippen molar-refractivity contribution < 1.29 is 4.79 Å². The van der Waals surface area contributed by atoms with Gasteiger partial charge in [-0.2, -0.15) is 0 Å². The summed E-state index contributed by atoms with van der Waals surface area (Å²) in [6, 6.07) is 0. The minimum absolute atomic E-state index is 0.271. The summed E-state index contributed by atoms with van der Waals surface area (Å²) < 4.78 is 0. The summed E-state index contributed by atoms with van der Waals surface area (Å²) in [6.45, 7) is 4.43. The van der Waals surface area contributed by atoms with Gasteiger partial charge >= 0.3 is 0 Å². The van der Waals surface area contributed by atoms with Gasteiger partial charge in [0, 0.05) is 18.1 Å². The maximum absolute atomic E-state index is 10.7. The first-order chi connectivity index (χ1) is 4.20. The summed E-state index contributed by atoms with van der Waals surface area (Å²) in [5, 5.41) is 0. The number of hydrogen-bond donors (Lipinski definition) is 0. The van der Waals surface area contributed by atoms with Gasteiger partial charge in [0.1, 0.15) is 0 Å². The summed E-state index contributed by atoms with van der Waals surface area (Å²) >= 11 is 0. The average molecular weight is 125 g/mol. The number of aliphatic imine (C=N–C) groups is 1. The van der Waals surface area contributed by atoms with Crippen LogP contribution in [0.2, 0.25) is 0 Å². The highest BCUT2D eigenvalue weighted by Crippen LogP contribution is 2.10. The third-order valence-electron chi connectivity index (χ3n) is 1.75. The number of rotatable bonds is 0. The van der Waals surface area contributed by atoms with E-state index >= 15 is 0 Å². The van der Waals surface area contributed by atoms with E-state index in [0.717, 1.165) is 5.71 Å². The van der Waals surface area contributed by atoms with Crippen LogP contribution in [0.25, 0.3) is 0 Å². The van der Waals surface area contributed by atoms with Crippen molar-refractivity contribution in [3.8, 4) is 0 Å². The molecule has 2 nitrogen and oxygen atoms in total. The van der Waals surface area contributed by atoms with E-state index in [4.69, 9.17) is 0 Å². The minimum atomic E-state index is 0.271. The van der Waals surface area contributed by atoms with Gasteiger partial charge in [-0.1, -0.05) is 6.92 Å². The van der Waals surface area contributed by atoms with Crippen molar-refractivity contribution in [2.75, 3.05) is 6.54 Å². The standard InChI is InChI=1S/C7H11NO/c1-5-3-7(9)4-8-6(5)2/h5H,3-4H2,1-2H3. The van der Waals surface area contributed by atoms with Gasteiger partial charge < -0.3 is 0 Å². The molecule has 9 heavy (non-hydrogen) atoms. The molecule has 0 aliphatic carbocycles. The monoisotopic (exact) mass is 125 g/mol. The van der Waals surface area contributed by atoms with Gasteiger partial charge in [-0.05, 0) is 6.92 Å². The SMILES string of the molecule is CC1=NCC(=O)CC1C. The Balaban J connectivity index is 2.67. The van der Waals surface area contributed by atoms with Gasteiger partial charge in [-0.25, -0.2) is 0 Å². The zero-order chi connectivity index (χ0) is 6.85. The fourth-order valence-electron chi connectivity index (χ4n) is 0.922. The number of carbonyl (C=O) groups excluding carboxylic acids is 1. The lowest BCUT2D eigenvalue weighted by Crippen LogP contribution is -2.21. The van der Waals surface area contributed by atoms with Crippen LogP contribution in [0.3, 0.4) is 0 Å². The van der Waals surface area contributed by atoms with E-state index in [1.165, 1.54) is 0 Å². The van der Waals surface area contributed by atoms with Gasteiger partial charge in [-0.15, -0.1) is 0 Å². The molecular formula is C7H11NO. The molecule has 2 heteroatoms. The lowest BCUT2D eigenvalue weighted by Gasteiger charge is -2.14. The van der Waals surface area contributed by atoms with Gasteiger partial charge in [-0.3, -0.25) is 9.79 Å². The zero-order valence-corrected chi connectivity index (χ0v) is 5.85. The predicted octanol–water partition coefficient (Wildman–Crippen LogP) is 1.06. The van der Waals surface area contributed by atoms with Gasteiger partial charge in [0.25, 0.3) is 0 Å². The van der Waals surface area contributed by atoms with Crippen molar-refractivity contribution in [2.24, 2.45) is 10.9 Å². The number of carbonyl (C=O) groups is 1. The third-order valence-corrected chi connectivity index (χ3v) is 1.75. The molecule has 1 heterocycles. The van der Waals surface area contributed by atoms with E-state index in [9.17, 15) is 4.79 Å². The molecule has 0 aromatic rings. The number of nitrogens with zero attached hydrogens (tertiary/aromatic N) is 1. The lowest BCUT2D eigenvalue weighted by molar-refractivity contribution is -0.118. The van der Waals surface area contributed by atoms with Gasteiger partial charge in [0.2, 0.25) is 0 Å². The Morgan fingerprint density at radius 1 is 1.67 bits per heavy atom. The summed E-state index contributed by atoms with van der Waals surface area (Å²) in [5.41, 5.74) is 1.12. The average Bonchev–Trinajstić information content (AvgIpc) is 1.80. The second kappa shape index (κ2) is 2.29. The van der Waals surface area contributed by atoms with Crippen molar-refractivity contribution in [3.05, 3.63) is 0 Å². The van der Waals surface area contributed by atoms with E-state index in [1.54, 1.807) is 0 Å². The van der Waals surface area contributed by atoms with Crippen molar-refractivity contribution in [3.63, 3.8) is 0 Å². The first-order valence-corrected chi connectivity index (χ1v) is 3.23. The fourth-order valence-corrected chi connectivity index (χ4v) is 0.922. The zero-order valence-electron chi connectivity index (χ0n) is 5.85. The van der Waals surface area contributed by atoms with Crippen molar-refractivity contribution >= 4 is 11.5 Å². The number of ketones is 1. The molecule has 1 unspecified atom stereocenters. The number of Topliss-reactive ketones (excluding diaryl/α,β-unsaturated/α-hetero) is 1. The Morgan fingerprint density at radius 2 is 2.33 bits per heavy atom. The van der Waals surface area contributed by atoms with E-state index in [1.807, 2.05) is 13.8 Å². The molecule has 0 N–H and O–H groups in total. The molecule has 0 spiro atoms. The molecule has 0 amide bonds. The normalized spacial score (nSPS) is 28.0. The van der Waals surface area contributed by atoms with E-state index < -0.39 is 0 Å². The molecule has 1 rings (SSSR count). The van der Waals surface area contributed by atoms with Gasteiger partial charge in [0.05, 0.1) is 6.54 Å². The largest absolute Gasteiger partial charge is 0.298 e. The molecule has 50 valence electrons. The molecule has 0 saturated heterocycles. The summed E-state index contributed by atoms with van der Waals surface area (Å²) in [6.07, 6.45) is 0.690. The first kappa shape index (κ1) is 6.46.